The van der Waals surface area contributed by atoms with Gasteiger partial charge in [0.2, 0.25) is 0 Å². The highest BCUT2D eigenvalue weighted by atomic mass is 16.1. The van der Waals surface area contributed by atoms with Crippen molar-refractivity contribution in [3.8, 4) is 11.1 Å². The Morgan fingerprint density at radius 2 is 1.81 bits per heavy atom. The molecule has 0 aliphatic heterocycles. The number of benzene rings is 2. The Morgan fingerprint density at radius 1 is 1.06 bits per heavy atom. The van der Waals surface area contributed by atoms with Crippen molar-refractivity contribution in [2.75, 3.05) is 20.1 Å². The Balaban J connectivity index is 1.53. The second-order valence-electron chi connectivity index (χ2n) is 8.91. The number of nitrogens with zero attached hydrogens (tertiary/aromatic N) is 2. The van der Waals surface area contributed by atoms with E-state index in [4.69, 9.17) is 4.98 Å². The maximum atomic E-state index is 13.1. The lowest BCUT2D eigenvalue weighted by molar-refractivity contribution is 0.0946. The molecule has 0 spiro atoms. The first-order valence-electron chi connectivity index (χ1n) is 11.5. The number of carbonyl (C=O) groups excluding carboxylic acids is 1. The summed E-state index contributed by atoms with van der Waals surface area (Å²) in [5, 5.41) is 4.05. The van der Waals surface area contributed by atoms with Gasteiger partial charge < -0.3 is 10.2 Å². The lowest BCUT2D eigenvalue weighted by Crippen LogP contribution is -2.39. The average molecular weight is 416 g/mol. The van der Waals surface area contributed by atoms with Gasteiger partial charge in [0.15, 0.2) is 0 Å². The Labute approximate surface area is 185 Å². The van der Waals surface area contributed by atoms with Crippen LogP contribution in [0.15, 0.2) is 48.5 Å². The number of para-hydroxylation sites is 1. The summed E-state index contributed by atoms with van der Waals surface area (Å²) in [4.78, 5) is 20.3. The molecule has 1 aliphatic rings. The molecule has 1 amide bonds. The fourth-order valence-electron chi connectivity index (χ4n) is 4.68. The lowest BCUT2D eigenvalue weighted by Gasteiger charge is -2.31. The number of aryl methyl sites for hydroxylation is 2. The van der Waals surface area contributed by atoms with Crippen molar-refractivity contribution in [3.05, 3.63) is 65.4 Å². The van der Waals surface area contributed by atoms with Gasteiger partial charge in [0.1, 0.15) is 0 Å². The van der Waals surface area contributed by atoms with Gasteiger partial charge in [-0.3, -0.25) is 9.78 Å². The van der Waals surface area contributed by atoms with E-state index in [1.807, 2.05) is 25.1 Å². The Kier molecular flexibility index (Phi) is 6.67. The fourth-order valence-corrected chi connectivity index (χ4v) is 4.68. The fraction of sp³-hybridized carbons (Fsp3) is 0.407. The summed E-state index contributed by atoms with van der Waals surface area (Å²) in [6, 6.07) is 17.1. The number of rotatable bonds is 6. The van der Waals surface area contributed by atoms with Crippen molar-refractivity contribution in [1.29, 1.82) is 0 Å². The largest absolute Gasteiger partial charge is 0.351 e. The van der Waals surface area contributed by atoms with Gasteiger partial charge in [-0.05, 0) is 45.4 Å². The molecule has 3 aromatic rings. The third kappa shape index (κ3) is 4.96. The summed E-state index contributed by atoms with van der Waals surface area (Å²) in [5.41, 5.74) is 5.86. The quantitative estimate of drug-likeness (QED) is 0.577. The minimum absolute atomic E-state index is 0.0198. The van der Waals surface area contributed by atoms with E-state index in [2.05, 4.69) is 54.5 Å². The van der Waals surface area contributed by atoms with Crippen LogP contribution in [0, 0.1) is 13.8 Å². The molecule has 0 unspecified atom stereocenters. The van der Waals surface area contributed by atoms with Crippen molar-refractivity contribution in [2.45, 2.75) is 52.0 Å². The third-order valence-electron chi connectivity index (χ3n) is 6.52. The van der Waals surface area contributed by atoms with E-state index in [1.54, 1.807) is 0 Å². The smallest absolute Gasteiger partial charge is 0.252 e. The van der Waals surface area contributed by atoms with Crippen LogP contribution < -0.4 is 5.32 Å². The van der Waals surface area contributed by atoms with Crippen LogP contribution in [0.5, 0.6) is 0 Å². The van der Waals surface area contributed by atoms with Gasteiger partial charge >= 0.3 is 0 Å². The summed E-state index contributed by atoms with van der Waals surface area (Å²) in [6.07, 6.45) is 6.57. The second-order valence-corrected chi connectivity index (χ2v) is 8.91. The molecule has 1 N–H and O–H groups in total. The van der Waals surface area contributed by atoms with Gasteiger partial charge in [-0.15, -0.1) is 0 Å². The van der Waals surface area contributed by atoms with Gasteiger partial charge in [0.05, 0.1) is 11.1 Å². The summed E-state index contributed by atoms with van der Waals surface area (Å²) >= 11 is 0. The van der Waals surface area contributed by atoms with Crippen molar-refractivity contribution >= 4 is 16.8 Å². The molecule has 4 nitrogen and oxygen atoms in total. The number of hydrogen-bond acceptors (Lipinski definition) is 3. The molecule has 1 saturated carbocycles. The number of pyridine rings is 1. The maximum absolute atomic E-state index is 13.1. The van der Waals surface area contributed by atoms with Crippen LogP contribution in [0.1, 0.15) is 53.7 Å². The normalized spacial score (nSPS) is 14.8. The molecule has 1 aromatic heterocycles. The number of aromatic nitrogens is 1. The molecule has 1 fully saturated rings. The number of carbonyl (C=O) groups is 1. The first-order chi connectivity index (χ1) is 15.0. The van der Waals surface area contributed by atoms with E-state index in [-0.39, 0.29) is 5.91 Å². The van der Waals surface area contributed by atoms with Crippen LogP contribution in [0.3, 0.4) is 0 Å². The van der Waals surface area contributed by atoms with Crippen LogP contribution in [-0.2, 0) is 0 Å². The Morgan fingerprint density at radius 3 is 2.55 bits per heavy atom. The number of hydrogen-bond donors (Lipinski definition) is 1. The zero-order chi connectivity index (χ0) is 21.8. The zero-order valence-electron chi connectivity index (χ0n) is 18.9. The van der Waals surface area contributed by atoms with Crippen molar-refractivity contribution in [1.82, 2.24) is 15.2 Å². The Hall–Kier alpha value is -2.72. The first-order valence-corrected chi connectivity index (χ1v) is 11.5. The molecular weight excluding hydrogens is 382 g/mol. The summed E-state index contributed by atoms with van der Waals surface area (Å²) < 4.78 is 0. The number of nitrogens with one attached hydrogen (secondary N) is 1. The molecule has 1 heterocycles. The summed E-state index contributed by atoms with van der Waals surface area (Å²) in [6.45, 7) is 5.59. The first kappa shape index (κ1) is 21.5. The van der Waals surface area contributed by atoms with Crippen LogP contribution in [0.4, 0.5) is 0 Å². The van der Waals surface area contributed by atoms with Gasteiger partial charge in [-0.1, -0.05) is 67.3 Å². The summed E-state index contributed by atoms with van der Waals surface area (Å²) in [5.74, 6) is -0.0198. The molecule has 0 bridgehead atoms. The maximum Gasteiger partial charge on any atom is 0.252 e. The van der Waals surface area contributed by atoms with Crippen molar-refractivity contribution in [2.24, 2.45) is 0 Å². The SMILES string of the molecule is Cc1ccc(-c2cccc3c(C(=O)NCCN(C)C4CCCCC4)cc(C)nc23)cc1. The summed E-state index contributed by atoms with van der Waals surface area (Å²) in [7, 11) is 2.18. The predicted molar refractivity (Wildman–Crippen MR) is 128 cm³/mol. The molecule has 162 valence electrons. The molecule has 31 heavy (non-hydrogen) atoms. The van der Waals surface area contributed by atoms with Crippen molar-refractivity contribution in [3.63, 3.8) is 0 Å². The average Bonchev–Trinajstić information content (AvgIpc) is 2.79. The second kappa shape index (κ2) is 9.61. The van der Waals surface area contributed by atoms with E-state index < -0.39 is 0 Å². The highest BCUT2D eigenvalue weighted by Gasteiger charge is 2.18. The molecule has 4 rings (SSSR count). The minimum atomic E-state index is -0.0198. The molecule has 2 aromatic carbocycles. The number of likely N-dealkylation sites (N-methyl/N-ethyl adjacent to an activating group) is 1. The molecular formula is C27H33N3O. The standard InChI is InChI=1S/C27H33N3O/c1-19-12-14-21(15-13-19)23-10-7-11-24-25(18-20(2)29-26(23)24)27(31)28-16-17-30(3)22-8-5-4-6-9-22/h7,10-15,18,22H,4-6,8-9,16-17H2,1-3H3,(H,28,31). The topological polar surface area (TPSA) is 45.2 Å². The number of fused-ring (bicyclic) bond motifs is 1. The molecule has 0 atom stereocenters. The van der Waals surface area contributed by atoms with Gasteiger partial charge in [-0.2, -0.15) is 0 Å². The lowest BCUT2D eigenvalue weighted by atomic mass is 9.94. The monoisotopic (exact) mass is 415 g/mol. The van der Waals surface area contributed by atoms with Gasteiger partial charge in [0.25, 0.3) is 5.91 Å². The van der Waals surface area contributed by atoms with E-state index in [0.29, 0.717) is 18.2 Å². The van der Waals surface area contributed by atoms with Gasteiger partial charge in [0, 0.05) is 35.8 Å². The van der Waals surface area contributed by atoms with Crippen LogP contribution in [-0.4, -0.2) is 42.0 Å². The molecule has 1 aliphatic carbocycles. The predicted octanol–water partition coefficient (Wildman–Crippen LogP) is 5.51. The van der Waals surface area contributed by atoms with Crippen LogP contribution in [0.2, 0.25) is 0 Å². The van der Waals surface area contributed by atoms with Crippen LogP contribution >= 0.6 is 0 Å². The zero-order valence-corrected chi connectivity index (χ0v) is 18.9. The van der Waals surface area contributed by atoms with E-state index in [1.165, 1.54) is 37.7 Å². The third-order valence-corrected chi connectivity index (χ3v) is 6.52. The molecule has 0 radical (unpaired) electrons. The van der Waals surface area contributed by atoms with E-state index in [0.717, 1.165) is 34.3 Å². The van der Waals surface area contributed by atoms with E-state index in [9.17, 15) is 4.79 Å². The molecule has 4 heteroatoms. The van der Waals surface area contributed by atoms with Crippen LogP contribution in [0.25, 0.3) is 22.0 Å². The minimum Gasteiger partial charge on any atom is -0.351 e. The van der Waals surface area contributed by atoms with E-state index >= 15 is 0 Å². The highest BCUT2D eigenvalue weighted by molar-refractivity contribution is 6.09. The highest BCUT2D eigenvalue weighted by Crippen LogP contribution is 2.30. The van der Waals surface area contributed by atoms with Crippen molar-refractivity contribution < 1.29 is 4.79 Å². The Bertz CT molecular complexity index is 1050. The van der Waals surface area contributed by atoms with Gasteiger partial charge in [-0.25, -0.2) is 0 Å². The number of amides is 1. The molecule has 0 saturated heterocycles.